The predicted molar refractivity (Wildman–Crippen MR) is 115 cm³/mol. The molecule has 0 fully saturated rings. The predicted octanol–water partition coefficient (Wildman–Crippen LogP) is 3.49. The van der Waals surface area contributed by atoms with Gasteiger partial charge in [-0.3, -0.25) is 4.79 Å². The van der Waals surface area contributed by atoms with E-state index in [2.05, 4.69) is 20.6 Å². The maximum Gasteiger partial charge on any atom is 0.255 e. The van der Waals surface area contributed by atoms with E-state index in [9.17, 15) is 4.79 Å². The molecule has 7 heteroatoms. The van der Waals surface area contributed by atoms with Crippen LogP contribution in [0.15, 0.2) is 60.7 Å². The average Bonchev–Trinajstić information content (AvgIpc) is 2.72. The fourth-order valence-corrected chi connectivity index (χ4v) is 2.66. The van der Waals surface area contributed by atoms with Crippen LogP contribution in [0.5, 0.6) is 11.5 Å². The Bertz CT molecular complexity index is 960. The van der Waals surface area contributed by atoms with Crippen LogP contribution >= 0.6 is 0 Å². The number of ether oxygens (including phenoxy) is 1. The van der Waals surface area contributed by atoms with E-state index in [0.717, 1.165) is 11.5 Å². The van der Waals surface area contributed by atoms with Gasteiger partial charge in [0, 0.05) is 38.9 Å². The first-order chi connectivity index (χ1) is 14.0. The van der Waals surface area contributed by atoms with Crippen molar-refractivity contribution in [1.29, 1.82) is 0 Å². The zero-order chi connectivity index (χ0) is 20.6. The summed E-state index contributed by atoms with van der Waals surface area (Å²) in [4.78, 5) is 23.3. The highest BCUT2D eigenvalue weighted by atomic mass is 16.5. The van der Waals surface area contributed by atoms with Crippen molar-refractivity contribution in [3.63, 3.8) is 0 Å². The Morgan fingerprint density at radius 3 is 2.48 bits per heavy atom. The number of nitrogens with one attached hydrogen (secondary N) is 2. The van der Waals surface area contributed by atoms with Crippen molar-refractivity contribution in [2.24, 2.45) is 0 Å². The van der Waals surface area contributed by atoms with E-state index in [1.807, 2.05) is 74.4 Å². The van der Waals surface area contributed by atoms with E-state index in [0.29, 0.717) is 36.1 Å². The Kier molecular flexibility index (Phi) is 6.63. The Morgan fingerprint density at radius 1 is 1.00 bits per heavy atom. The summed E-state index contributed by atoms with van der Waals surface area (Å²) in [6.07, 6.45) is 0. The van der Waals surface area contributed by atoms with Crippen LogP contribution in [0.2, 0.25) is 0 Å². The molecule has 0 radical (unpaired) electrons. The molecule has 1 amide bonds. The van der Waals surface area contributed by atoms with E-state index in [-0.39, 0.29) is 5.91 Å². The summed E-state index contributed by atoms with van der Waals surface area (Å²) in [5, 5.41) is 6.05. The molecule has 0 saturated heterocycles. The zero-order valence-electron chi connectivity index (χ0n) is 16.8. The maximum absolute atomic E-state index is 12.6. The highest BCUT2D eigenvalue weighted by molar-refractivity contribution is 5.97. The van der Waals surface area contributed by atoms with Gasteiger partial charge in [0.05, 0.1) is 5.56 Å². The number of hydrogen-bond acceptors (Lipinski definition) is 6. The van der Waals surface area contributed by atoms with Crippen molar-refractivity contribution in [3.05, 3.63) is 71.9 Å². The second-order valence-electron chi connectivity index (χ2n) is 6.68. The lowest BCUT2D eigenvalue weighted by molar-refractivity contribution is 0.0953. The topological polar surface area (TPSA) is 79.4 Å². The Balaban J connectivity index is 1.57. The molecule has 29 heavy (non-hydrogen) atoms. The number of aryl methyl sites for hydroxylation is 1. The Labute approximate surface area is 170 Å². The Hall–Kier alpha value is -3.61. The number of para-hydroxylation sites is 2. The normalized spacial score (nSPS) is 10.3. The smallest absolute Gasteiger partial charge is 0.255 e. The molecule has 7 nitrogen and oxygen atoms in total. The van der Waals surface area contributed by atoms with Crippen LogP contribution in [0.25, 0.3) is 0 Å². The van der Waals surface area contributed by atoms with Crippen LogP contribution in [0.4, 0.5) is 11.8 Å². The van der Waals surface area contributed by atoms with Gasteiger partial charge in [-0.1, -0.05) is 30.3 Å². The molecule has 0 saturated carbocycles. The van der Waals surface area contributed by atoms with Gasteiger partial charge in [0.1, 0.15) is 17.3 Å². The first-order valence-electron chi connectivity index (χ1n) is 9.40. The number of anilines is 2. The van der Waals surface area contributed by atoms with Crippen molar-refractivity contribution in [2.75, 3.05) is 37.4 Å². The molecule has 2 N–H and O–H groups in total. The third-order valence-electron chi connectivity index (χ3n) is 4.10. The third kappa shape index (κ3) is 5.68. The van der Waals surface area contributed by atoms with Crippen molar-refractivity contribution in [1.82, 2.24) is 15.3 Å². The molecular weight excluding hydrogens is 366 g/mol. The van der Waals surface area contributed by atoms with Gasteiger partial charge in [0.25, 0.3) is 5.91 Å². The lowest BCUT2D eigenvalue weighted by Gasteiger charge is -2.14. The highest BCUT2D eigenvalue weighted by Crippen LogP contribution is 2.24. The molecule has 1 heterocycles. The summed E-state index contributed by atoms with van der Waals surface area (Å²) in [6.45, 7) is 2.85. The minimum atomic E-state index is -0.197. The summed E-state index contributed by atoms with van der Waals surface area (Å²) >= 11 is 0. The largest absolute Gasteiger partial charge is 0.457 e. The summed E-state index contributed by atoms with van der Waals surface area (Å²) < 4.78 is 5.85. The third-order valence-corrected chi connectivity index (χ3v) is 4.10. The first-order valence-corrected chi connectivity index (χ1v) is 9.40. The molecule has 1 aromatic heterocycles. The van der Waals surface area contributed by atoms with Crippen LogP contribution in [-0.4, -0.2) is 43.1 Å². The van der Waals surface area contributed by atoms with Gasteiger partial charge in [-0.05, 0) is 31.2 Å². The number of nitrogens with zero attached hydrogens (tertiary/aromatic N) is 3. The number of carbonyl (C=O) groups excluding carboxylic acids is 1. The maximum atomic E-state index is 12.6. The molecule has 3 rings (SSSR count). The number of carbonyl (C=O) groups is 1. The van der Waals surface area contributed by atoms with Gasteiger partial charge in [-0.15, -0.1) is 0 Å². The molecule has 150 valence electrons. The molecule has 0 aliphatic carbocycles. The van der Waals surface area contributed by atoms with Gasteiger partial charge in [0.15, 0.2) is 0 Å². The standard InChI is InChI=1S/C22H25N5O2/c1-16-15-20(27(2)3)26-22(25-16)24-14-13-23-21(28)18-11-7-8-12-19(18)29-17-9-5-4-6-10-17/h4-12,15H,13-14H2,1-3H3,(H,23,28)(H,24,25,26). The number of aromatic nitrogens is 2. The second-order valence-corrected chi connectivity index (χ2v) is 6.68. The van der Waals surface area contributed by atoms with E-state index in [1.54, 1.807) is 12.1 Å². The summed E-state index contributed by atoms with van der Waals surface area (Å²) in [5.41, 5.74) is 1.36. The average molecular weight is 391 g/mol. The molecule has 0 spiro atoms. The monoisotopic (exact) mass is 391 g/mol. The van der Waals surface area contributed by atoms with Crippen molar-refractivity contribution in [3.8, 4) is 11.5 Å². The Morgan fingerprint density at radius 2 is 1.72 bits per heavy atom. The van der Waals surface area contributed by atoms with Crippen LogP contribution < -0.4 is 20.3 Å². The molecular formula is C22H25N5O2. The van der Waals surface area contributed by atoms with Crippen molar-refractivity contribution >= 4 is 17.7 Å². The quantitative estimate of drug-likeness (QED) is 0.572. The molecule has 0 bridgehead atoms. The SMILES string of the molecule is Cc1cc(N(C)C)nc(NCCNC(=O)c2ccccc2Oc2ccccc2)n1. The van der Waals surface area contributed by atoms with E-state index in [1.165, 1.54) is 0 Å². The molecule has 2 aromatic carbocycles. The fourth-order valence-electron chi connectivity index (χ4n) is 2.66. The van der Waals surface area contributed by atoms with Gasteiger partial charge in [0.2, 0.25) is 5.95 Å². The highest BCUT2D eigenvalue weighted by Gasteiger charge is 2.12. The molecule has 0 atom stereocenters. The first kappa shape index (κ1) is 20.1. The minimum absolute atomic E-state index is 0.197. The summed E-state index contributed by atoms with van der Waals surface area (Å²) in [6, 6.07) is 18.5. The van der Waals surface area contributed by atoms with Gasteiger partial charge in [-0.2, -0.15) is 4.98 Å². The van der Waals surface area contributed by atoms with Crippen LogP contribution in [0.3, 0.4) is 0 Å². The van der Waals surface area contributed by atoms with E-state index in [4.69, 9.17) is 4.74 Å². The van der Waals surface area contributed by atoms with Gasteiger partial charge in [-0.25, -0.2) is 4.98 Å². The summed E-state index contributed by atoms with van der Waals surface area (Å²) in [5.74, 6) is 2.37. The number of amides is 1. The van der Waals surface area contributed by atoms with E-state index < -0.39 is 0 Å². The lowest BCUT2D eigenvalue weighted by Crippen LogP contribution is -2.29. The number of hydrogen-bond donors (Lipinski definition) is 2. The second kappa shape index (κ2) is 9.54. The van der Waals surface area contributed by atoms with Crippen LogP contribution in [0, 0.1) is 6.92 Å². The van der Waals surface area contributed by atoms with Crippen molar-refractivity contribution < 1.29 is 9.53 Å². The van der Waals surface area contributed by atoms with Crippen molar-refractivity contribution in [2.45, 2.75) is 6.92 Å². The summed E-state index contributed by atoms with van der Waals surface area (Å²) in [7, 11) is 3.86. The zero-order valence-corrected chi connectivity index (χ0v) is 16.8. The molecule has 0 unspecified atom stereocenters. The lowest BCUT2D eigenvalue weighted by atomic mass is 10.2. The van der Waals surface area contributed by atoms with Gasteiger partial charge < -0.3 is 20.3 Å². The van der Waals surface area contributed by atoms with Gasteiger partial charge >= 0.3 is 0 Å². The fraction of sp³-hybridized carbons (Fsp3) is 0.227. The number of benzene rings is 2. The molecule has 0 aliphatic heterocycles. The molecule has 3 aromatic rings. The van der Waals surface area contributed by atoms with Crippen LogP contribution in [0.1, 0.15) is 16.1 Å². The number of rotatable bonds is 8. The van der Waals surface area contributed by atoms with Crippen LogP contribution in [-0.2, 0) is 0 Å². The molecule has 0 aliphatic rings. The minimum Gasteiger partial charge on any atom is -0.457 e. The van der Waals surface area contributed by atoms with E-state index >= 15 is 0 Å².